The SMILES string of the molecule is O=C(CN1CCC(c2nnc3n2CCC3)CC1)N1CCCCC1. The number of aromatic nitrogens is 3. The number of rotatable bonds is 3. The Kier molecular flexibility index (Phi) is 4.33. The monoisotopic (exact) mass is 317 g/mol. The molecule has 2 fully saturated rings. The van der Waals surface area contributed by atoms with Crippen LogP contribution in [0.4, 0.5) is 0 Å². The number of fused-ring (bicyclic) bond motifs is 1. The molecule has 0 saturated carbocycles. The second kappa shape index (κ2) is 6.59. The van der Waals surface area contributed by atoms with Crippen LogP contribution in [0.3, 0.4) is 0 Å². The summed E-state index contributed by atoms with van der Waals surface area (Å²) in [6.07, 6.45) is 8.11. The molecule has 0 bridgehead atoms. The van der Waals surface area contributed by atoms with Gasteiger partial charge in [-0.3, -0.25) is 9.69 Å². The number of likely N-dealkylation sites (tertiary alicyclic amines) is 2. The zero-order valence-electron chi connectivity index (χ0n) is 13.9. The van der Waals surface area contributed by atoms with Crippen LogP contribution in [-0.4, -0.2) is 63.2 Å². The van der Waals surface area contributed by atoms with Gasteiger partial charge in [-0.2, -0.15) is 0 Å². The Morgan fingerprint density at radius 3 is 2.52 bits per heavy atom. The Morgan fingerprint density at radius 2 is 1.74 bits per heavy atom. The quantitative estimate of drug-likeness (QED) is 0.846. The largest absolute Gasteiger partial charge is 0.342 e. The van der Waals surface area contributed by atoms with E-state index in [1.54, 1.807) is 0 Å². The second-order valence-corrected chi connectivity index (χ2v) is 7.22. The van der Waals surface area contributed by atoms with Crippen LogP contribution in [0, 0.1) is 0 Å². The van der Waals surface area contributed by atoms with Gasteiger partial charge < -0.3 is 9.47 Å². The van der Waals surface area contributed by atoms with E-state index in [-0.39, 0.29) is 0 Å². The fourth-order valence-electron chi connectivity index (χ4n) is 4.26. The first-order valence-electron chi connectivity index (χ1n) is 9.23. The van der Waals surface area contributed by atoms with Crippen LogP contribution >= 0.6 is 0 Å². The Hall–Kier alpha value is -1.43. The molecule has 126 valence electrons. The molecular weight excluding hydrogens is 290 g/mol. The highest BCUT2D eigenvalue weighted by molar-refractivity contribution is 5.78. The van der Waals surface area contributed by atoms with Crippen molar-refractivity contribution in [3.63, 3.8) is 0 Å². The maximum atomic E-state index is 12.4. The molecule has 0 N–H and O–H groups in total. The van der Waals surface area contributed by atoms with Crippen LogP contribution in [0.5, 0.6) is 0 Å². The average Bonchev–Trinajstić information content (AvgIpc) is 3.20. The highest BCUT2D eigenvalue weighted by Gasteiger charge is 2.29. The third-order valence-electron chi connectivity index (χ3n) is 5.66. The van der Waals surface area contributed by atoms with Gasteiger partial charge in [0, 0.05) is 32.0 Å². The van der Waals surface area contributed by atoms with E-state index in [0.29, 0.717) is 18.4 Å². The highest BCUT2D eigenvalue weighted by Crippen LogP contribution is 2.29. The fourth-order valence-corrected chi connectivity index (χ4v) is 4.26. The van der Waals surface area contributed by atoms with Crippen molar-refractivity contribution in [2.45, 2.75) is 57.4 Å². The Bertz CT molecular complexity index is 555. The van der Waals surface area contributed by atoms with Crippen LogP contribution in [0.25, 0.3) is 0 Å². The zero-order valence-corrected chi connectivity index (χ0v) is 13.9. The van der Waals surface area contributed by atoms with Crippen LogP contribution in [0.2, 0.25) is 0 Å². The van der Waals surface area contributed by atoms with E-state index in [4.69, 9.17) is 0 Å². The molecule has 6 heteroatoms. The lowest BCUT2D eigenvalue weighted by molar-refractivity contribution is -0.133. The summed E-state index contributed by atoms with van der Waals surface area (Å²) in [4.78, 5) is 16.8. The van der Waals surface area contributed by atoms with Gasteiger partial charge in [0.1, 0.15) is 11.6 Å². The summed E-state index contributed by atoms with van der Waals surface area (Å²) in [5.41, 5.74) is 0. The molecule has 0 aromatic carbocycles. The Morgan fingerprint density at radius 1 is 0.957 bits per heavy atom. The summed E-state index contributed by atoms with van der Waals surface area (Å²) in [7, 11) is 0. The zero-order chi connectivity index (χ0) is 15.6. The van der Waals surface area contributed by atoms with Gasteiger partial charge in [-0.15, -0.1) is 10.2 Å². The molecule has 6 nitrogen and oxygen atoms in total. The van der Waals surface area contributed by atoms with Gasteiger partial charge >= 0.3 is 0 Å². The predicted molar refractivity (Wildman–Crippen MR) is 87.2 cm³/mol. The van der Waals surface area contributed by atoms with Gasteiger partial charge in [0.25, 0.3) is 0 Å². The lowest BCUT2D eigenvalue weighted by Gasteiger charge is -2.33. The van der Waals surface area contributed by atoms with Gasteiger partial charge in [0.15, 0.2) is 0 Å². The minimum absolute atomic E-state index is 0.325. The summed E-state index contributed by atoms with van der Waals surface area (Å²) < 4.78 is 2.33. The van der Waals surface area contributed by atoms with Gasteiger partial charge in [-0.05, 0) is 51.6 Å². The van der Waals surface area contributed by atoms with E-state index in [1.807, 2.05) is 0 Å². The Balaban J connectivity index is 1.29. The second-order valence-electron chi connectivity index (χ2n) is 7.22. The number of piperidine rings is 2. The molecule has 4 heterocycles. The molecule has 1 aromatic heterocycles. The number of hydrogen-bond donors (Lipinski definition) is 0. The van der Waals surface area contributed by atoms with Crippen molar-refractivity contribution in [3.8, 4) is 0 Å². The molecule has 0 unspecified atom stereocenters. The predicted octanol–water partition coefficient (Wildman–Crippen LogP) is 1.42. The lowest BCUT2D eigenvalue weighted by atomic mass is 9.96. The van der Waals surface area contributed by atoms with Crippen molar-refractivity contribution in [2.24, 2.45) is 0 Å². The van der Waals surface area contributed by atoms with Crippen molar-refractivity contribution in [1.29, 1.82) is 0 Å². The smallest absolute Gasteiger partial charge is 0.236 e. The minimum Gasteiger partial charge on any atom is -0.342 e. The number of hydrogen-bond acceptors (Lipinski definition) is 4. The third kappa shape index (κ3) is 3.13. The average molecular weight is 317 g/mol. The molecule has 23 heavy (non-hydrogen) atoms. The molecule has 0 aliphatic carbocycles. The van der Waals surface area contributed by atoms with Crippen LogP contribution < -0.4 is 0 Å². The van der Waals surface area contributed by atoms with Gasteiger partial charge in [0.2, 0.25) is 5.91 Å². The number of amides is 1. The first-order valence-corrected chi connectivity index (χ1v) is 9.23. The first-order chi connectivity index (χ1) is 11.3. The van der Waals surface area contributed by atoms with Crippen LogP contribution in [0.1, 0.15) is 56.1 Å². The van der Waals surface area contributed by atoms with Gasteiger partial charge in [0.05, 0.1) is 6.54 Å². The number of carbonyl (C=O) groups is 1. The van der Waals surface area contributed by atoms with E-state index in [0.717, 1.165) is 52.0 Å². The number of nitrogens with zero attached hydrogens (tertiary/aromatic N) is 5. The van der Waals surface area contributed by atoms with Crippen molar-refractivity contribution >= 4 is 5.91 Å². The van der Waals surface area contributed by atoms with Gasteiger partial charge in [-0.1, -0.05) is 0 Å². The molecule has 2 saturated heterocycles. The summed E-state index contributed by atoms with van der Waals surface area (Å²) in [6.45, 7) is 5.62. The van der Waals surface area contributed by atoms with E-state index < -0.39 is 0 Å². The lowest BCUT2D eigenvalue weighted by Crippen LogP contribution is -2.45. The summed E-state index contributed by atoms with van der Waals surface area (Å²) in [5.74, 6) is 3.21. The summed E-state index contributed by atoms with van der Waals surface area (Å²) >= 11 is 0. The summed E-state index contributed by atoms with van der Waals surface area (Å²) in [5, 5.41) is 8.78. The molecule has 3 aliphatic rings. The van der Waals surface area contributed by atoms with Crippen molar-refractivity contribution in [3.05, 3.63) is 11.6 Å². The molecular formula is C17H27N5O. The molecule has 4 rings (SSSR count). The minimum atomic E-state index is 0.325. The molecule has 3 aliphatic heterocycles. The van der Waals surface area contributed by atoms with Crippen molar-refractivity contribution in [1.82, 2.24) is 24.6 Å². The van der Waals surface area contributed by atoms with E-state index in [9.17, 15) is 4.79 Å². The van der Waals surface area contributed by atoms with E-state index >= 15 is 0 Å². The molecule has 0 atom stereocenters. The topological polar surface area (TPSA) is 54.3 Å². The highest BCUT2D eigenvalue weighted by atomic mass is 16.2. The third-order valence-corrected chi connectivity index (χ3v) is 5.66. The molecule has 0 spiro atoms. The maximum absolute atomic E-state index is 12.4. The first kappa shape index (κ1) is 15.1. The van der Waals surface area contributed by atoms with E-state index in [2.05, 4.69) is 24.6 Å². The number of carbonyl (C=O) groups excluding carboxylic acids is 1. The van der Waals surface area contributed by atoms with Gasteiger partial charge in [-0.25, -0.2) is 0 Å². The Labute approximate surface area is 137 Å². The normalized spacial score (nSPS) is 23.2. The maximum Gasteiger partial charge on any atom is 0.236 e. The van der Waals surface area contributed by atoms with Crippen LogP contribution in [-0.2, 0) is 17.8 Å². The van der Waals surface area contributed by atoms with E-state index in [1.165, 1.54) is 37.3 Å². The standard InChI is InChI=1S/C17H27N5O/c23-16(21-8-2-1-3-9-21)13-20-11-6-14(7-12-20)17-19-18-15-5-4-10-22(15)17/h14H,1-13H2. The molecule has 1 aromatic rings. The fraction of sp³-hybridized carbons (Fsp3) is 0.824. The molecule has 0 radical (unpaired) electrons. The van der Waals surface area contributed by atoms with Crippen molar-refractivity contribution < 1.29 is 4.79 Å². The molecule has 1 amide bonds. The van der Waals surface area contributed by atoms with Crippen molar-refractivity contribution in [2.75, 3.05) is 32.7 Å². The van der Waals surface area contributed by atoms with Crippen LogP contribution in [0.15, 0.2) is 0 Å². The number of aryl methyl sites for hydroxylation is 1. The summed E-state index contributed by atoms with van der Waals surface area (Å²) in [6, 6.07) is 0.